The standard InChI is InChI=1S/C20H16BrNO4/c1-10-3-6-13(7-4-10)22-18(23)11(2)16-14-9-12(21)5-8-15(14)26-20(25)17(16)19(22)24/h3-9,11,16-17H,1-2H3/t11-,16-,17-/m0/s1. The first-order valence-corrected chi connectivity index (χ1v) is 9.13. The number of anilines is 1. The number of carbonyl (C=O) groups excluding carboxylic acids is 3. The van der Waals surface area contributed by atoms with Crippen molar-refractivity contribution >= 4 is 39.4 Å². The molecule has 132 valence electrons. The van der Waals surface area contributed by atoms with Gasteiger partial charge in [-0.3, -0.25) is 14.4 Å². The molecule has 5 nitrogen and oxygen atoms in total. The van der Waals surface area contributed by atoms with Gasteiger partial charge in [-0.2, -0.15) is 0 Å². The fourth-order valence-electron chi connectivity index (χ4n) is 3.74. The topological polar surface area (TPSA) is 63.7 Å². The Morgan fingerprint density at radius 2 is 1.69 bits per heavy atom. The predicted molar refractivity (Wildman–Crippen MR) is 98.8 cm³/mol. The van der Waals surface area contributed by atoms with E-state index in [4.69, 9.17) is 4.74 Å². The molecule has 0 unspecified atom stereocenters. The van der Waals surface area contributed by atoms with Crippen LogP contribution >= 0.6 is 15.9 Å². The Bertz CT molecular complexity index is 937. The lowest BCUT2D eigenvalue weighted by Crippen LogP contribution is -2.57. The zero-order valence-electron chi connectivity index (χ0n) is 14.2. The Morgan fingerprint density at radius 1 is 1.00 bits per heavy atom. The lowest BCUT2D eigenvalue weighted by atomic mass is 9.72. The summed E-state index contributed by atoms with van der Waals surface area (Å²) in [5.74, 6) is -3.10. The maximum atomic E-state index is 13.1. The van der Waals surface area contributed by atoms with Gasteiger partial charge in [-0.05, 0) is 37.3 Å². The number of amides is 2. The highest BCUT2D eigenvalue weighted by Gasteiger charge is 2.54. The fourth-order valence-corrected chi connectivity index (χ4v) is 4.12. The van der Waals surface area contributed by atoms with Crippen molar-refractivity contribution in [2.45, 2.75) is 19.8 Å². The summed E-state index contributed by atoms with van der Waals surface area (Å²) in [6.07, 6.45) is 0. The van der Waals surface area contributed by atoms with Gasteiger partial charge in [0, 0.05) is 21.9 Å². The third-order valence-corrected chi connectivity index (χ3v) is 5.58. The number of halogens is 1. The van der Waals surface area contributed by atoms with Gasteiger partial charge in [-0.25, -0.2) is 4.90 Å². The molecule has 1 saturated heterocycles. The van der Waals surface area contributed by atoms with Crippen molar-refractivity contribution in [1.29, 1.82) is 0 Å². The maximum absolute atomic E-state index is 13.1. The second kappa shape index (κ2) is 6.06. The Hall–Kier alpha value is -2.47. The summed E-state index contributed by atoms with van der Waals surface area (Å²) in [5.41, 5.74) is 2.21. The number of rotatable bonds is 1. The first-order chi connectivity index (χ1) is 12.4. The smallest absolute Gasteiger partial charge is 0.324 e. The number of hydrogen-bond acceptors (Lipinski definition) is 4. The van der Waals surface area contributed by atoms with Crippen molar-refractivity contribution in [3.05, 3.63) is 58.1 Å². The average Bonchev–Trinajstić information content (AvgIpc) is 2.61. The van der Waals surface area contributed by atoms with E-state index in [1.807, 2.05) is 25.1 Å². The zero-order chi connectivity index (χ0) is 18.6. The molecule has 0 aliphatic carbocycles. The normalized spacial score (nSPS) is 24.8. The quantitative estimate of drug-likeness (QED) is 0.310. The van der Waals surface area contributed by atoms with Gasteiger partial charge in [0.15, 0.2) is 0 Å². The average molecular weight is 414 g/mol. The van der Waals surface area contributed by atoms with Crippen LogP contribution in [0.4, 0.5) is 5.69 Å². The van der Waals surface area contributed by atoms with E-state index < -0.39 is 29.6 Å². The number of piperidine rings is 1. The summed E-state index contributed by atoms with van der Waals surface area (Å²) in [6, 6.07) is 12.4. The minimum atomic E-state index is -1.02. The van der Waals surface area contributed by atoms with Crippen LogP contribution in [0.3, 0.4) is 0 Å². The highest BCUT2D eigenvalue weighted by Crippen LogP contribution is 2.47. The number of ether oxygens (including phenoxy) is 1. The van der Waals surface area contributed by atoms with Crippen molar-refractivity contribution in [1.82, 2.24) is 0 Å². The maximum Gasteiger partial charge on any atom is 0.324 e. The Balaban J connectivity index is 1.82. The second-order valence-electron chi connectivity index (χ2n) is 6.74. The van der Waals surface area contributed by atoms with Crippen LogP contribution in [0, 0.1) is 18.8 Å². The molecular formula is C20H16BrNO4. The molecule has 2 amide bonds. The van der Waals surface area contributed by atoms with Gasteiger partial charge < -0.3 is 4.74 Å². The molecule has 1 fully saturated rings. The molecule has 2 aliphatic rings. The fraction of sp³-hybridized carbons (Fsp3) is 0.250. The molecular weight excluding hydrogens is 398 g/mol. The van der Waals surface area contributed by atoms with Crippen LogP contribution < -0.4 is 9.64 Å². The van der Waals surface area contributed by atoms with Crippen molar-refractivity contribution in [2.24, 2.45) is 11.8 Å². The van der Waals surface area contributed by atoms with Gasteiger partial charge >= 0.3 is 5.97 Å². The number of imide groups is 1. The van der Waals surface area contributed by atoms with Gasteiger partial charge in [0.1, 0.15) is 11.7 Å². The minimum Gasteiger partial charge on any atom is -0.426 e. The lowest BCUT2D eigenvalue weighted by molar-refractivity contribution is -0.151. The minimum absolute atomic E-state index is 0.305. The Labute approximate surface area is 159 Å². The van der Waals surface area contributed by atoms with E-state index in [0.29, 0.717) is 17.0 Å². The van der Waals surface area contributed by atoms with Gasteiger partial charge in [-0.15, -0.1) is 0 Å². The van der Waals surface area contributed by atoms with Crippen LogP contribution in [0.5, 0.6) is 5.75 Å². The van der Waals surface area contributed by atoms with Crippen molar-refractivity contribution in [3.63, 3.8) is 0 Å². The van der Waals surface area contributed by atoms with Gasteiger partial charge in [0.25, 0.3) is 0 Å². The molecule has 3 atom stereocenters. The third kappa shape index (κ3) is 2.48. The third-order valence-electron chi connectivity index (χ3n) is 5.08. The van der Waals surface area contributed by atoms with Crippen molar-refractivity contribution < 1.29 is 19.1 Å². The molecule has 0 radical (unpaired) electrons. The van der Waals surface area contributed by atoms with Crippen LogP contribution in [-0.2, 0) is 14.4 Å². The van der Waals surface area contributed by atoms with Crippen LogP contribution in [0.1, 0.15) is 24.0 Å². The Morgan fingerprint density at radius 3 is 2.38 bits per heavy atom. The molecule has 26 heavy (non-hydrogen) atoms. The molecule has 2 aliphatic heterocycles. The molecule has 0 bridgehead atoms. The number of benzene rings is 2. The molecule has 2 aromatic rings. The van der Waals surface area contributed by atoms with E-state index in [9.17, 15) is 14.4 Å². The number of fused-ring (bicyclic) bond motifs is 3. The number of aryl methyl sites for hydroxylation is 1. The summed E-state index contributed by atoms with van der Waals surface area (Å²) in [7, 11) is 0. The molecule has 4 rings (SSSR count). The van der Waals surface area contributed by atoms with Gasteiger partial charge in [0.05, 0.1) is 5.69 Å². The SMILES string of the molecule is Cc1ccc(N2C(=O)[C@H]3C(=O)Oc4ccc(Br)cc4[C@@H]3[C@H](C)C2=O)cc1. The van der Waals surface area contributed by atoms with Crippen molar-refractivity contribution in [2.75, 3.05) is 4.90 Å². The number of esters is 1. The van der Waals surface area contributed by atoms with E-state index in [-0.39, 0.29) is 5.91 Å². The number of carbonyl (C=O) groups is 3. The largest absolute Gasteiger partial charge is 0.426 e. The summed E-state index contributed by atoms with van der Waals surface area (Å²) in [5, 5.41) is 0. The van der Waals surface area contributed by atoms with Crippen LogP contribution in [0.2, 0.25) is 0 Å². The van der Waals surface area contributed by atoms with E-state index in [1.165, 1.54) is 0 Å². The Kier molecular flexibility index (Phi) is 3.95. The van der Waals surface area contributed by atoms with E-state index in [0.717, 1.165) is 14.9 Å². The predicted octanol–water partition coefficient (Wildman–Crippen LogP) is 3.59. The highest BCUT2D eigenvalue weighted by atomic mass is 79.9. The molecule has 2 aromatic carbocycles. The number of hydrogen-bond donors (Lipinski definition) is 0. The zero-order valence-corrected chi connectivity index (χ0v) is 15.8. The second-order valence-corrected chi connectivity index (χ2v) is 7.66. The first kappa shape index (κ1) is 17.0. The van der Waals surface area contributed by atoms with E-state index in [1.54, 1.807) is 31.2 Å². The molecule has 0 N–H and O–H groups in total. The first-order valence-electron chi connectivity index (χ1n) is 8.34. The summed E-state index contributed by atoms with van der Waals surface area (Å²) in [6.45, 7) is 3.69. The molecule has 0 spiro atoms. The van der Waals surface area contributed by atoms with Gasteiger partial charge in [-0.1, -0.05) is 40.5 Å². The lowest BCUT2D eigenvalue weighted by Gasteiger charge is -2.42. The van der Waals surface area contributed by atoms with Crippen LogP contribution in [-0.4, -0.2) is 17.8 Å². The monoisotopic (exact) mass is 413 g/mol. The van der Waals surface area contributed by atoms with Crippen LogP contribution in [0.15, 0.2) is 46.9 Å². The van der Waals surface area contributed by atoms with Gasteiger partial charge in [0.2, 0.25) is 11.8 Å². The molecule has 0 aromatic heterocycles. The van der Waals surface area contributed by atoms with Crippen LogP contribution in [0.25, 0.3) is 0 Å². The van der Waals surface area contributed by atoms with E-state index in [2.05, 4.69) is 15.9 Å². The molecule has 0 saturated carbocycles. The van der Waals surface area contributed by atoms with E-state index >= 15 is 0 Å². The molecule has 2 heterocycles. The highest BCUT2D eigenvalue weighted by molar-refractivity contribution is 9.10. The van der Waals surface area contributed by atoms with Crippen molar-refractivity contribution in [3.8, 4) is 5.75 Å². The molecule has 6 heteroatoms. The number of nitrogens with zero attached hydrogens (tertiary/aromatic N) is 1. The summed E-state index contributed by atoms with van der Waals surface area (Å²) >= 11 is 3.41. The summed E-state index contributed by atoms with van der Waals surface area (Å²) < 4.78 is 6.20. The summed E-state index contributed by atoms with van der Waals surface area (Å²) in [4.78, 5) is 39.8.